The van der Waals surface area contributed by atoms with Crippen molar-refractivity contribution >= 4 is 33.2 Å². The molecule has 0 fully saturated rings. The minimum atomic E-state index is -3.72. The second kappa shape index (κ2) is 7.33. The van der Waals surface area contributed by atoms with E-state index in [4.69, 9.17) is 27.9 Å². The summed E-state index contributed by atoms with van der Waals surface area (Å²) in [6.07, 6.45) is 0. The van der Waals surface area contributed by atoms with Gasteiger partial charge < -0.3 is 4.74 Å². The quantitative estimate of drug-likeness (QED) is 0.800. The van der Waals surface area contributed by atoms with Crippen molar-refractivity contribution in [1.82, 2.24) is 4.72 Å². The molecule has 2 rings (SSSR count). The van der Waals surface area contributed by atoms with Gasteiger partial charge in [-0.05, 0) is 36.8 Å². The average Bonchev–Trinajstić information content (AvgIpc) is 2.48. The Balaban J connectivity index is 1.96. The number of para-hydroxylation sites is 1. The third-order valence-corrected chi connectivity index (χ3v) is 5.11. The van der Waals surface area contributed by atoms with E-state index in [1.807, 2.05) is 31.2 Å². The molecule has 0 saturated heterocycles. The predicted molar refractivity (Wildman–Crippen MR) is 88.3 cm³/mol. The minimum absolute atomic E-state index is 0.0439. The molecular weight excluding hydrogens is 345 g/mol. The standard InChI is InChI=1S/C15H15Cl2NO3S/c1-11-4-2-3-5-14(11)21-9-8-18-22(19,20)15-10-12(16)6-7-13(15)17/h2-7,10,18H,8-9H2,1H3. The van der Waals surface area contributed by atoms with Crippen LogP contribution < -0.4 is 9.46 Å². The molecule has 118 valence electrons. The number of nitrogens with one attached hydrogen (secondary N) is 1. The van der Waals surface area contributed by atoms with Gasteiger partial charge in [-0.2, -0.15) is 0 Å². The van der Waals surface area contributed by atoms with Crippen LogP contribution in [0.5, 0.6) is 5.75 Å². The molecule has 2 aromatic rings. The highest BCUT2D eigenvalue weighted by molar-refractivity contribution is 7.89. The Hall–Kier alpha value is -1.27. The lowest BCUT2D eigenvalue weighted by atomic mass is 10.2. The number of aryl methyl sites for hydroxylation is 1. The lowest BCUT2D eigenvalue weighted by Crippen LogP contribution is -2.28. The highest BCUT2D eigenvalue weighted by Crippen LogP contribution is 2.24. The van der Waals surface area contributed by atoms with Gasteiger partial charge in [-0.1, -0.05) is 41.4 Å². The fourth-order valence-electron chi connectivity index (χ4n) is 1.82. The molecule has 22 heavy (non-hydrogen) atoms. The van der Waals surface area contributed by atoms with Crippen LogP contribution in [0.4, 0.5) is 0 Å². The maximum absolute atomic E-state index is 12.2. The van der Waals surface area contributed by atoms with Crippen LogP contribution in [0.15, 0.2) is 47.4 Å². The largest absolute Gasteiger partial charge is 0.492 e. The molecule has 0 aliphatic rings. The van der Waals surface area contributed by atoms with Gasteiger partial charge in [0, 0.05) is 11.6 Å². The summed E-state index contributed by atoms with van der Waals surface area (Å²) in [7, 11) is -3.72. The first-order valence-corrected chi connectivity index (χ1v) is 8.77. The van der Waals surface area contributed by atoms with E-state index in [-0.39, 0.29) is 23.1 Å². The van der Waals surface area contributed by atoms with Crippen LogP contribution in [0.1, 0.15) is 5.56 Å². The first-order chi connectivity index (χ1) is 10.4. The Morgan fingerprint density at radius 3 is 2.59 bits per heavy atom. The second-order valence-electron chi connectivity index (χ2n) is 4.59. The van der Waals surface area contributed by atoms with Gasteiger partial charge in [0.1, 0.15) is 17.3 Å². The van der Waals surface area contributed by atoms with Crippen molar-refractivity contribution < 1.29 is 13.2 Å². The molecule has 0 bridgehead atoms. The van der Waals surface area contributed by atoms with Gasteiger partial charge in [0.15, 0.2) is 0 Å². The molecule has 2 aromatic carbocycles. The SMILES string of the molecule is Cc1ccccc1OCCNS(=O)(=O)c1cc(Cl)ccc1Cl. The minimum Gasteiger partial charge on any atom is -0.492 e. The fourth-order valence-corrected chi connectivity index (χ4v) is 3.59. The number of ether oxygens (including phenoxy) is 1. The van der Waals surface area contributed by atoms with Crippen LogP contribution in [0.3, 0.4) is 0 Å². The maximum atomic E-state index is 12.2. The molecule has 0 saturated carbocycles. The van der Waals surface area contributed by atoms with E-state index in [1.165, 1.54) is 18.2 Å². The predicted octanol–water partition coefficient (Wildman–Crippen LogP) is 3.66. The molecule has 0 heterocycles. The number of sulfonamides is 1. The summed E-state index contributed by atoms with van der Waals surface area (Å²) in [5, 5.41) is 0.428. The molecule has 0 unspecified atom stereocenters. The summed E-state index contributed by atoms with van der Waals surface area (Å²) in [4.78, 5) is -0.0439. The van der Waals surface area contributed by atoms with Gasteiger partial charge in [0.25, 0.3) is 0 Å². The topological polar surface area (TPSA) is 55.4 Å². The summed E-state index contributed by atoms with van der Waals surface area (Å²) < 4.78 is 32.3. The lowest BCUT2D eigenvalue weighted by Gasteiger charge is -2.11. The number of halogens is 2. The van der Waals surface area contributed by atoms with Gasteiger partial charge in [-0.3, -0.25) is 0 Å². The Bertz CT molecular complexity index is 763. The van der Waals surface area contributed by atoms with Crippen LogP contribution >= 0.6 is 23.2 Å². The normalized spacial score (nSPS) is 11.4. The third kappa shape index (κ3) is 4.36. The zero-order valence-corrected chi connectivity index (χ0v) is 14.2. The van der Waals surface area contributed by atoms with Crippen LogP contribution in [-0.2, 0) is 10.0 Å². The molecule has 0 atom stereocenters. The second-order valence-corrected chi connectivity index (χ2v) is 7.17. The summed E-state index contributed by atoms with van der Waals surface area (Å²) >= 11 is 11.7. The number of hydrogen-bond donors (Lipinski definition) is 1. The lowest BCUT2D eigenvalue weighted by molar-refractivity contribution is 0.320. The zero-order chi connectivity index (χ0) is 16.2. The molecule has 0 amide bonds. The van der Waals surface area contributed by atoms with Crippen molar-refractivity contribution in [3.8, 4) is 5.75 Å². The average molecular weight is 360 g/mol. The van der Waals surface area contributed by atoms with Gasteiger partial charge in [-0.15, -0.1) is 0 Å². The van der Waals surface area contributed by atoms with Crippen molar-refractivity contribution in [1.29, 1.82) is 0 Å². The van der Waals surface area contributed by atoms with Crippen molar-refractivity contribution in [2.24, 2.45) is 0 Å². The van der Waals surface area contributed by atoms with Crippen LogP contribution in [0.2, 0.25) is 10.0 Å². The Kier molecular flexibility index (Phi) is 5.69. The van der Waals surface area contributed by atoms with Crippen molar-refractivity contribution in [2.45, 2.75) is 11.8 Å². The van der Waals surface area contributed by atoms with Crippen LogP contribution in [0.25, 0.3) is 0 Å². The zero-order valence-electron chi connectivity index (χ0n) is 11.8. The third-order valence-electron chi connectivity index (χ3n) is 2.93. The highest BCUT2D eigenvalue weighted by atomic mass is 35.5. The first kappa shape index (κ1) is 17.1. The Morgan fingerprint density at radius 1 is 1.14 bits per heavy atom. The fraction of sp³-hybridized carbons (Fsp3) is 0.200. The van der Waals surface area contributed by atoms with E-state index < -0.39 is 10.0 Å². The number of hydrogen-bond acceptors (Lipinski definition) is 3. The summed E-state index contributed by atoms with van der Waals surface area (Å²) in [6, 6.07) is 11.8. The summed E-state index contributed by atoms with van der Waals surface area (Å²) in [6.45, 7) is 2.26. The van der Waals surface area contributed by atoms with Gasteiger partial charge in [0.2, 0.25) is 10.0 Å². The molecular formula is C15H15Cl2NO3S. The molecule has 0 aliphatic carbocycles. The van der Waals surface area contributed by atoms with Gasteiger partial charge in [0.05, 0.1) is 5.02 Å². The van der Waals surface area contributed by atoms with Crippen molar-refractivity contribution in [3.05, 3.63) is 58.1 Å². The summed E-state index contributed by atoms with van der Waals surface area (Å²) in [5.41, 5.74) is 0.989. The smallest absolute Gasteiger partial charge is 0.242 e. The van der Waals surface area contributed by atoms with Crippen LogP contribution in [-0.4, -0.2) is 21.6 Å². The number of rotatable bonds is 6. The van der Waals surface area contributed by atoms with Gasteiger partial charge >= 0.3 is 0 Å². The van der Waals surface area contributed by atoms with Crippen LogP contribution in [0, 0.1) is 6.92 Å². The Labute approximate surface area is 140 Å². The summed E-state index contributed by atoms with van der Waals surface area (Å²) in [5.74, 6) is 0.725. The molecule has 0 aliphatic heterocycles. The first-order valence-electron chi connectivity index (χ1n) is 6.53. The molecule has 4 nitrogen and oxygen atoms in total. The number of benzene rings is 2. The monoisotopic (exact) mass is 359 g/mol. The highest BCUT2D eigenvalue weighted by Gasteiger charge is 2.17. The molecule has 0 spiro atoms. The maximum Gasteiger partial charge on any atom is 0.242 e. The van der Waals surface area contributed by atoms with E-state index in [9.17, 15) is 8.42 Å². The molecule has 7 heteroatoms. The van der Waals surface area contributed by atoms with E-state index in [1.54, 1.807) is 0 Å². The molecule has 0 radical (unpaired) electrons. The molecule has 1 N–H and O–H groups in total. The Morgan fingerprint density at radius 2 is 1.86 bits per heavy atom. The van der Waals surface area contributed by atoms with Gasteiger partial charge in [-0.25, -0.2) is 13.1 Å². The van der Waals surface area contributed by atoms with E-state index in [0.717, 1.165) is 11.3 Å². The van der Waals surface area contributed by atoms with Crippen molar-refractivity contribution in [3.63, 3.8) is 0 Å². The van der Waals surface area contributed by atoms with Crippen molar-refractivity contribution in [2.75, 3.05) is 13.2 Å². The van der Waals surface area contributed by atoms with E-state index in [0.29, 0.717) is 5.02 Å². The van der Waals surface area contributed by atoms with E-state index >= 15 is 0 Å². The molecule has 0 aromatic heterocycles. The van der Waals surface area contributed by atoms with E-state index in [2.05, 4.69) is 4.72 Å².